The Morgan fingerprint density at radius 2 is 2.15 bits per heavy atom. The van der Waals surface area contributed by atoms with Crippen LogP contribution < -0.4 is 10.2 Å². The van der Waals surface area contributed by atoms with Gasteiger partial charge in [0, 0.05) is 38.2 Å². The van der Waals surface area contributed by atoms with E-state index in [1.165, 1.54) is 0 Å². The summed E-state index contributed by atoms with van der Waals surface area (Å²) in [5.74, 6) is 3.30. The number of aliphatic hydroxyl groups excluding tert-OH is 1. The second kappa shape index (κ2) is 5.95. The number of aromatic nitrogens is 2. The van der Waals surface area contributed by atoms with Crippen molar-refractivity contribution in [2.75, 3.05) is 37.0 Å². The highest BCUT2D eigenvalue weighted by Gasteiger charge is 2.25. The van der Waals surface area contributed by atoms with Gasteiger partial charge in [-0.05, 0) is 18.8 Å². The van der Waals surface area contributed by atoms with Crippen LogP contribution in [0.2, 0.25) is 0 Å². The summed E-state index contributed by atoms with van der Waals surface area (Å²) in [7, 11) is 1.89. The molecule has 2 rings (SSSR count). The van der Waals surface area contributed by atoms with Gasteiger partial charge in [0.05, 0.1) is 0 Å². The van der Waals surface area contributed by atoms with E-state index in [1.807, 2.05) is 13.1 Å². The first-order valence-corrected chi connectivity index (χ1v) is 7.37. The fourth-order valence-electron chi connectivity index (χ4n) is 2.52. The average molecular weight is 278 g/mol. The molecule has 1 saturated heterocycles. The molecule has 20 heavy (non-hydrogen) atoms. The van der Waals surface area contributed by atoms with Crippen LogP contribution in [0.3, 0.4) is 0 Å². The van der Waals surface area contributed by atoms with Gasteiger partial charge in [0.1, 0.15) is 17.5 Å². The van der Waals surface area contributed by atoms with Crippen molar-refractivity contribution in [2.45, 2.75) is 39.0 Å². The Hall–Kier alpha value is -1.36. The second-order valence-electron chi connectivity index (χ2n) is 6.55. The van der Waals surface area contributed by atoms with Gasteiger partial charge < -0.3 is 15.3 Å². The van der Waals surface area contributed by atoms with Gasteiger partial charge in [-0.3, -0.25) is 0 Å². The number of nitrogens with one attached hydrogen (secondary N) is 1. The van der Waals surface area contributed by atoms with E-state index in [9.17, 15) is 0 Å². The fraction of sp³-hybridized carbons (Fsp3) is 0.733. The first kappa shape index (κ1) is 15.0. The van der Waals surface area contributed by atoms with Gasteiger partial charge in [-0.15, -0.1) is 0 Å². The van der Waals surface area contributed by atoms with Gasteiger partial charge in [-0.25, -0.2) is 9.97 Å². The summed E-state index contributed by atoms with van der Waals surface area (Å²) in [6, 6.07) is 2.01. The number of anilines is 2. The third kappa shape index (κ3) is 3.39. The lowest BCUT2D eigenvalue weighted by molar-refractivity contribution is 0.263. The molecule has 1 fully saturated rings. The SMILES string of the molecule is CNc1cc(N2CCC(CCO)C2)nc(C(C)(C)C)n1. The molecular formula is C15H26N4O. The van der Waals surface area contributed by atoms with Crippen molar-refractivity contribution in [1.29, 1.82) is 0 Å². The van der Waals surface area contributed by atoms with Crippen molar-refractivity contribution in [3.05, 3.63) is 11.9 Å². The third-order valence-corrected chi connectivity index (χ3v) is 3.79. The van der Waals surface area contributed by atoms with E-state index in [0.717, 1.165) is 43.4 Å². The summed E-state index contributed by atoms with van der Waals surface area (Å²) >= 11 is 0. The molecule has 0 amide bonds. The molecule has 1 unspecified atom stereocenters. The van der Waals surface area contributed by atoms with E-state index in [4.69, 9.17) is 10.1 Å². The Balaban J connectivity index is 2.23. The quantitative estimate of drug-likeness (QED) is 0.882. The molecule has 0 aliphatic carbocycles. The normalized spacial score (nSPS) is 19.4. The van der Waals surface area contributed by atoms with Crippen LogP contribution in [0.15, 0.2) is 6.07 Å². The summed E-state index contributed by atoms with van der Waals surface area (Å²) in [6.07, 6.45) is 2.01. The fourth-order valence-corrected chi connectivity index (χ4v) is 2.52. The van der Waals surface area contributed by atoms with Crippen LogP contribution in [0.25, 0.3) is 0 Å². The van der Waals surface area contributed by atoms with Gasteiger partial charge in [0.2, 0.25) is 0 Å². The minimum atomic E-state index is -0.0637. The van der Waals surface area contributed by atoms with Crippen LogP contribution in [0.5, 0.6) is 0 Å². The van der Waals surface area contributed by atoms with Crippen LogP contribution in [0, 0.1) is 5.92 Å². The summed E-state index contributed by atoms with van der Waals surface area (Å²) in [4.78, 5) is 11.6. The number of rotatable bonds is 4. The van der Waals surface area contributed by atoms with Crippen molar-refractivity contribution in [3.8, 4) is 0 Å². The first-order valence-electron chi connectivity index (χ1n) is 7.37. The Morgan fingerprint density at radius 3 is 2.75 bits per heavy atom. The Kier molecular flexibility index (Phi) is 4.48. The molecule has 5 nitrogen and oxygen atoms in total. The molecule has 1 aliphatic heterocycles. The molecule has 0 saturated carbocycles. The summed E-state index contributed by atoms with van der Waals surface area (Å²) < 4.78 is 0. The predicted octanol–water partition coefficient (Wildman–Crippen LogP) is 2.02. The number of hydrogen-bond donors (Lipinski definition) is 2. The average Bonchev–Trinajstić information content (AvgIpc) is 2.86. The molecular weight excluding hydrogens is 252 g/mol. The molecule has 2 N–H and O–H groups in total. The molecule has 0 spiro atoms. The highest BCUT2D eigenvalue weighted by Crippen LogP contribution is 2.28. The topological polar surface area (TPSA) is 61.3 Å². The standard InChI is InChI=1S/C15H26N4O/c1-15(2,3)14-17-12(16-4)9-13(18-14)19-7-5-11(10-19)6-8-20/h9,11,20H,5-8,10H2,1-4H3,(H,16,17,18). The Bertz CT molecular complexity index is 456. The largest absolute Gasteiger partial charge is 0.396 e. The van der Waals surface area contributed by atoms with Crippen LogP contribution in [-0.4, -0.2) is 41.8 Å². The van der Waals surface area contributed by atoms with Gasteiger partial charge >= 0.3 is 0 Å². The van der Waals surface area contributed by atoms with Crippen molar-refractivity contribution in [2.24, 2.45) is 5.92 Å². The lowest BCUT2D eigenvalue weighted by atomic mass is 9.96. The maximum absolute atomic E-state index is 9.06. The second-order valence-corrected chi connectivity index (χ2v) is 6.55. The first-order chi connectivity index (χ1) is 9.44. The molecule has 1 atom stereocenters. The van der Waals surface area contributed by atoms with E-state index >= 15 is 0 Å². The minimum Gasteiger partial charge on any atom is -0.396 e. The maximum atomic E-state index is 9.06. The van der Waals surface area contributed by atoms with Gasteiger partial charge in [0.15, 0.2) is 0 Å². The zero-order valence-corrected chi connectivity index (χ0v) is 13.0. The van der Waals surface area contributed by atoms with E-state index in [-0.39, 0.29) is 12.0 Å². The van der Waals surface area contributed by atoms with Crippen LogP contribution in [0.4, 0.5) is 11.6 Å². The Labute approximate surface area is 121 Å². The number of hydrogen-bond acceptors (Lipinski definition) is 5. The molecule has 112 valence electrons. The van der Waals surface area contributed by atoms with Crippen molar-refractivity contribution in [3.63, 3.8) is 0 Å². The molecule has 2 heterocycles. The zero-order valence-electron chi connectivity index (χ0n) is 13.0. The number of aliphatic hydroxyl groups is 1. The van der Waals surface area contributed by atoms with E-state index in [0.29, 0.717) is 5.92 Å². The highest BCUT2D eigenvalue weighted by atomic mass is 16.3. The predicted molar refractivity (Wildman–Crippen MR) is 82.3 cm³/mol. The minimum absolute atomic E-state index is 0.0637. The highest BCUT2D eigenvalue weighted by molar-refractivity contribution is 5.50. The molecule has 0 bridgehead atoms. The molecule has 1 aromatic rings. The molecule has 1 aromatic heterocycles. The maximum Gasteiger partial charge on any atom is 0.138 e. The van der Waals surface area contributed by atoms with Crippen LogP contribution in [-0.2, 0) is 5.41 Å². The summed E-state index contributed by atoms with van der Waals surface area (Å²) in [5, 5.41) is 12.2. The number of nitrogens with zero attached hydrogens (tertiary/aromatic N) is 3. The molecule has 5 heteroatoms. The van der Waals surface area contributed by atoms with Crippen molar-refractivity contribution in [1.82, 2.24) is 9.97 Å². The van der Waals surface area contributed by atoms with Crippen molar-refractivity contribution >= 4 is 11.6 Å². The molecule has 0 radical (unpaired) electrons. The van der Waals surface area contributed by atoms with E-state index < -0.39 is 0 Å². The van der Waals surface area contributed by atoms with Gasteiger partial charge in [-0.2, -0.15) is 0 Å². The summed E-state index contributed by atoms with van der Waals surface area (Å²) in [6.45, 7) is 8.65. The zero-order chi connectivity index (χ0) is 14.8. The van der Waals surface area contributed by atoms with Crippen LogP contribution in [0.1, 0.15) is 39.4 Å². The van der Waals surface area contributed by atoms with E-state index in [2.05, 4.69) is 36.0 Å². The molecule has 1 aliphatic rings. The Morgan fingerprint density at radius 1 is 1.40 bits per heavy atom. The van der Waals surface area contributed by atoms with Gasteiger partial charge in [-0.1, -0.05) is 20.8 Å². The lowest BCUT2D eigenvalue weighted by Gasteiger charge is -2.23. The van der Waals surface area contributed by atoms with Crippen LogP contribution >= 0.6 is 0 Å². The van der Waals surface area contributed by atoms with E-state index in [1.54, 1.807) is 0 Å². The smallest absolute Gasteiger partial charge is 0.138 e. The molecule has 0 aromatic carbocycles. The monoisotopic (exact) mass is 278 g/mol. The van der Waals surface area contributed by atoms with Crippen molar-refractivity contribution < 1.29 is 5.11 Å². The third-order valence-electron chi connectivity index (χ3n) is 3.79. The van der Waals surface area contributed by atoms with Gasteiger partial charge in [0.25, 0.3) is 0 Å². The summed E-state index contributed by atoms with van der Waals surface area (Å²) in [5.41, 5.74) is -0.0637. The lowest BCUT2D eigenvalue weighted by Crippen LogP contribution is -2.24.